The van der Waals surface area contributed by atoms with E-state index in [0.29, 0.717) is 28.9 Å². The fourth-order valence-electron chi connectivity index (χ4n) is 7.06. The predicted molar refractivity (Wildman–Crippen MR) is 174 cm³/mol. The molecule has 242 valence electrons. The number of nitrogens with zero attached hydrogens (tertiary/aromatic N) is 7. The summed E-state index contributed by atoms with van der Waals surface area (Å²) in [6.07, 6.45) is 6.48. The van der Waals surface area contributed by atoms with Crippen molar-refractivity contribution in [2.75, 3.05) is 38.5 Å². The number of nitrogens with two attached hydrogens (primary N) is 1. The minimum absolute atomic E-state index is 0.0152. The SMILES string of the molecule is CC(C)(O)CCN1CCN([C@H]2CC[C@H](n3nc(-c4ccc5[nH]c(Cc6c(F)cccc6F)nc5c4)c4c(N)ncnc43)CC2)CC1. The lowest BCUT2D eigenvalue weighted by Gasteiger charge is -2.42. The number of aromatic amines is 1. The number of halogens is 2. The molecule has 1 saturated carbocycles. The number of imidazole rings is 1. The largest absolute Gasteiger partial charge is 0.390 e. The van der Waals surface area contributed by atoms with Gasteiger partial charge in [-0.05, 0) is 70.2 Å². The molecule has 1 aliphatic carbocycles. The summed E-state index contributed by atoms with van der Waals surface area (Å²) in [7, 11) is 0. The molecular formula is C34H41F2N9O. The molecule has 0 unspecified atom stereocenters. The van der Waals surface area contributed by atoms with E-state index in [0.717, 1.165) is 86.9 Å². The van der Waals surface area contributed by atoms with Gasteiger partial charge in [0, 0.05) is 56.3 Å². The van der Waals surface area contributed by atoms with Gasteiger partial charge in [-0.2, -0.15) is 5.10 Å². The number of anilines is 1. The fraction of sp³-hybridized carbons (Fsp3) is 0.471. The summed E-state index contributed by atoms with van der Waals surface area (Å²) in [5.41, 5.74) is 9.46. The molecule has 5 aromatic rings. The Balaban J connectivity index is 1.08. The van der Waals surface area contributed by atoms with Crippen molar-refractivity contribution in [2.24, 2.45) is 0 Å². The first-order valence-corrected chi connectivity index (χ1v) is 16.2. The molecule has 0 bridgehead atoms. The molecule has 0 radical (unpaired) electrons. The number of aliphatic hydroxyl groups is 1. The molecule has 7 rings (SSSR count). The summed E-state index contributed by atoms with van der Waals surface area (Å²) in [6.45, 7) is 8.90. The summed E-state index contributed by atoms with van der Waals surface area (Å²) >= 11 is 0. The van der Waals surface area contributed by atoms with Crippen molar-refractivity contribution in [2.45, 2.75) is 70.1 Å². The molecule has 2 aromatic carbocycles. The van der Waals surface area contributed by atoms with Gasteiger partial charge in [-0.25, -0.2) is 28.4 Å². The van der Waals surface area contributed by atoms with Crippen LogP contribution >= 0.6 is 0 Å². The molecule has 10 nitrogen and oxygen atoms in total. The number of H-pyrrole nitrogens is 1. The number of aromatic nitrogens is 6. The minimum Gasteiger partial charge on any atom is -0.390 e. The highest BCUT2D eigenvalue weighted by molar-refractivity contribution is 5.99. The number of nitrogen functional groups attached to an aromatic ring is 1. The first kappa shape index (κ1) is 30.6. The number of rotatable bonds is 8. The zero-order valence-electron chi connectivity index (χ0n) is 26.4. The molecule has 0 amide bonds. The van der Waals surface area contributed by atoms with Crippen molar-refractivity contribution in [1.29, 1.82) is 0 Å². The third-order valence-corrected chi connectivity index (χ3v) is 9.70. The van der Waals surface area contributed by atoms with Gasteiger partial charge in [0.2, 0.25) is 0 Å². The van der Waals surface area contributed by atoms with Crippen molar-refractivity contribution >= 4 is 27.9 Å². The molecule has 0 spiro atoms. The third kappa shape index (κ3) is 6.21. The van der Waals surface area contributed by atoms with Crippen LogP contribution in [0.15, 0.2) is 42.7 Å². The summed E-state index contributed by atoms with van der Waals surface area (Å²) < 4.78 is 30.6. The van der Waals surface area contributed by atoms with Gasteiger partial charge < -0.3 is 20.7 Å². The third-order valence-electron chi connectivity index (χ3n) is 9.70. The summed E-state index contributed by atoms with van der Waals surface area (Å²) in [4.78, 5) is 21.9. The zero-order chi connectivity index (χ0) is 32.0. The highest BCUT2D eigenvalue weighted by atomic mass is 19.1. The zero-order valence-corrected chi connectivity index (χ0v) is 26.4. The van der Waals surface area contributed by atoms with E-state index in [1.165, 1.54) is 24.5 Å². The maximum Gasteiger partial charge on any atom is 0.164 e. The summed E-state index contributed by atoms with van der Waals surface area (Å²) in [5.74, 6) is -0.339. The van der Waals surface area contributed by atoms with Crippen LogP contribution in [0.25, 0.3) is 33.3 Å². The monoisotopic (exact) mass is 629 g/mol. The fourth-order valence-corrected chi connectivity index (χ4v) is 7.06. The van der Waals surface area contributed by atoms with Crippen molar-refractivity contribution in [3.63, 3.8) is 0 Å². The second-order valence-corrected chi connectivity index (χ2v) is 13.4. The quantitative estimate of drug-likeness (QED) is 0.217. The van der Waals surface area contributed by atoms with E-state index in [-0.39, 0.29) is 18.0 Å². The van der Waals surface area contributed by atoms with Crippen molar-refractivity contribution in [1.82, 2.24) is 39.5 Å². The number of hydrogen-bond donors (Lipinski definition) is 3. The molecule has 2 aliphatic rings. The van der Waals surface area contributed by atoms with Crippen LogP contribution < -0.4 is 5.73 Å². The van der Waals surface area contributed by atoms with Gasteiger partial charge in [-0.15, -0.1) is 0 Å². The first-order valence-electron chi connectivity index (χ1n) is 16.2. The van der Waals surface area contributed by atoms with Gasteiger partial charge in [0.15, 0.2) is 5.65 Å². The van der Waals surface area contributed by atoms with E-state index < -0.39 is 17.2 Å². The maximum absolute atomic E-state index is 14.3. The van der Waals surface area contributed by atoms with Gasteiger partial charge >= 0.3 is 0 Å². The molecule has 12 heteroatoms. The van der Waals surface area contributed by atoms with Gasteiger partial charge in [0.05, 0.1) is 28.1 Å². The lowest BCUT2D eigenvalue weighted by molar-refractivity contribution is 0.0356. The van der Waals surface area contributed by atoms with E-state index in [2.05, 4.69) is 29.7 Å². The predicted octanol–water partition coefficient (Wildman–Crippen LogP) is 5.08. The number of piperazine rings is 1. The standard InChI is InChI=1S/C34H41F2N9O/c1-34(2,46)12-13-43-14-16-44(17-15-43)22-7-9-23(10-8-22)45-33-30(32(37)38-20-39-33)31(42-45)21-6-11-27-28(18-21)41-29(40-27)19-24-25(35)4-3-5-26(24)36/h3-6,11,18,20,22-23,46H,7-10,12-17,19H2,1-2H3,(H,40,41)(H2,37,38,39)/t22-,23-. The van der Waals surface area contributed by atoms with Gasteiger partial charge in [0.1, 0.15) is 35.3 Å². The second-order valence-electron chi connectivity index (χ2n) is 13.4. The molecule has 3 aromatic heterocycles. The van der Waals surface area contributed by atoms with Crippen LogP contribution in [0.3, 0.4) is 0 Å². The Labute approximate surface area is 266 Å². The lowest BCUT2D eigenvalue weighted by atomic mass is 9.90. The van der Waals surface area contributed by atoms with Gasteiger partial charge in [0.25, 0.3) is 0 Å². The Bertz CT molecular complexity index is 1830. The smallest absolute Gasteiger partial charge is 0.164 e. The van der Waals surface area contributed by atoms with Crippen LogP contribution in [0.4, 0.5) is 14.6 Å². The van der Waals surface area contributed by atoms with Gasteiger partial charge in [-0.1, -0.05) is 12.1 Å². The van der Waals surface area contributed by atoms with Crippen LogP contribution in [-0.4, -0.2) is 89.0 Å². The molecule has 4 heterocycles. The summed E-state index contributed by atoms with van der Waals surface area (Å²) in [5, 5.41) is 15.9. The molecule has 4 N–H and O–H groups in total. The topological polar surface area (TPSA) is 125 Å². The molecule has 46 heavy (non-hydrogen) atoms. The van der Waals surface area contributed by atoms with Crippen molar-refractivity contribution in [3.8, 4) is 11.3 Å². The Morgan fingerprint density at radius 3 is 2.41 bits per heavy atom. The van der Waals surface area contributed by atoms with E-state index in [9.17, 15) is 13.9 Å². The van der Waals surface area contributed by atoms with E-state index >= 15 is 0 Å². The maximum atomic E-state index is 14.3. The normalized spacial score (nSPS) is 20.2. The molecule has 0 atom stereocenters. The molecule has 1 aliphatic heterocycles. The minimum atomic E-state index is -0.622. The Kier molecular flexibility index (Phi) is 8.20. The summed E-state index contributed by atoms with van der Waals surface area (Å²) in [6, 6.07) is 10.4. The van der Waals surface area contributed by atoms with E-state index in [1.54, 1.807) is 0 Å². The first-order chi connectivity index (χ1) is 22.1. The Morgan fingerprint density at radius 2 is 1.70 bits per heavy atom. The number of nitrogens with one attached hydrogen (secondary N) is 1. The van der Waals surface area contributed by atoms with E-state index in [4.69, 9.17) is 10.8 Å². The highest BCUT2D eigenvalue weighted by Crippen LogP contribution is 2.37. The van der Waals surface area contributed by atoms with Crippen molar-refractivity contribution < 1.29 is 13.9 Å². The molecular weight excluding hydrogens is 588 g/mol. The van der Waals surface area contributed by atoms with Crippen molar-refractivity contribution in [3.05, 3.63) is 65.7 Å². The number of fused-ring (bicyclic) bond motifs is 2. The second kappa shape index (κ2) is 12.3. The van der Waals surface area contributed by atoms with Crippen LogP contribution in [0.5, 0.6) is 0 Å². The van der Waals surface area contributed by atoms with Crippen LogP contribution in [-0.2, 0) is 6.42 Å². The number of hydrogen-bond acceptors (Lipinski definition) is 8. The van der Waals surface area contributed by atoms with Gasteiger partial charge in [-0.3, -0.25) is 4.90 Å². The Hall–Kier alpha value is -4.00. The van der Waals surface area contributed by atoms with Crippen LogP contribution in [0, 0.1) is 11.6 Å². The molecule has 2 fully saturated rings. The van der Waals surface area contributed by atoms with Crippen LogP contribution in [0.1, 0.15) is 63.4 Å². The average Bonchev–Trinajstić information content (AvgIpc) is 3.64. The van der Waals surface area contributed by atoms with E-state index in [1.807, 2.05) is 36.7 Å². The van der Waals surface area contributed by atoms with Crippen LogP contribution in [0.2, 0.25) is 0 Å². The molecule has 1 saturated heterocycles. The average molecular weight is 630 g/mol. The Morgan fingerprint density at radius 1 is 0.978 bits per heavy atom. The number of benzene rings is 2. The lowest BCUT2D eigenvalue weighted by Crippen LogP contribution is -2.51. The highest BCUT2D eigenvalue weighted by Gasteiger charge is 2.31.